The summed E-state index contributed by atoms with van der Waals surface area (Å²) in [5, 5.41) is 20.3. The first-order chi connectivity index (χ1) is 13.3. The Kier molecular flexibility index (Phi) is 5.79. The standard InChI is InChI=1S/C17H16F3N5O2S/c1-9-24-25-16(28-9)15(26)23-10-2-4-11(5-3-10)27-12-6-13(17(18,19)20)14(7-21)22-8-12/h6,8,10-11H,2-5H2,1H3,(H,23,26). The van der Waals surface area contributed by atoms with Gasteiger partial charge >= 0.3 is 6.18 Å². The molecule has 1 saturated carbocycles. The van der Waals surface area contributed by atoms with E-state index in [4.69, 9.17) is 10.00 Å². The summed E-state index contributed by atoms with van der Waals surface area (Å²) in [6, 6.07) is 2.18. The summed E-state index contributed by atoms with van der Waals surface area (Å²) >= 11 is 1.21. The molecule has 0 saturated heterocycles. The van der Waals surface area contributed by atoms with Crippen molar-refractivity contribution in [1.82, 2.24) is 20.5 Å². The van der Waals surface area contributed by atoms with Gasteiger partial charge in [0.25, 0.3) is 5.91 Å². The second-order valence-electron chi connectivity index (χ2n) is 6.37. The SMILES string of the molecule is Cc1nnc(C(=O)NC2CCC(Oc3cnc(C#N)c(C(F)(F)F)c3)CC2)s1. The molecule has 11 heteroatoms. The van der Waals surface area contributed by atoms with Crippen molar-refractivity contribution in [2.24, 2.45) is 0 Å². The highest BCUT2D eigenvalue weighted by molar-refractivity contribution is 7.13. The van der Waals surface area contributed by atoms with E-state index in [1.54, 1.807) is 6.92 Å². The number of halogens is 3. The number of hydrogen-bond donors (Lipinski definition) is 1. The number of amides is 1. The van der Waals surface area contributed by atoms with Gasteiger partial charge in [-0.05, 0) is 38.7 Å². The highest BCUT2D eigenvalue weighted by Crippen LogP contribution is 2.34. The number of hydrogen-bond acceptors (Lipinski definition) is 7. The van der Waals surface area contributed by atoms with Gasteiger partial charge in [-0.25, -0.2) is 4.98 Å². The number of pyridine rings is 1. The molecule has 0 atom stereocenters. The van der Waals surface area contributed by atoms with Gasteiger partial charge in [0.1, 0.15) is 16.8 Å². The zero-order valence-corrected chi connectivity index (χ0v) is 15.6. The molecule has 1 aliphatic rings. The van der Waals surface area contributed by atoms with Crippen LogP contribution in [0.4, 0.5) is 13.2 Å². The average Bonchev–Trinajstić information content (AvgIpc) is 3.09. The largest absolute Gasteiger partial charge is 0.489 e. The number of aryl methyl sites for hydroxylation is 1. The van der Waals surface area contributed by atoms with Crippen molar-refractivity contribution >= 4 is 17.2 Å². The van der Waals surface area contributed by atoms with Crippen LogP contribution in [0.2, 0.25) is 0 Å². The quantitative estimate of drug-likeness (QED) is 0.829. The molecule has 3 rings (SSSR count). The number of nitrogens with one attached hydrogen (secondary N) is 1. The summed E-state index contributed by atoms with van der Waals surface area (Å²) in [6.07, 6.45) is -1.44. The molecule has 0 spiro atoms. The summed E-state index contributed by atoms with van der Waals surface area (Å²) in [5.41, 5.74) is -1.79. The maximum absolute atomic E-state index is 13.0. The predicted octanol–water partition coefficient (Wildman–Crippen LogP) is 3.25. The molecule has 7 nitrogen and oxygen atoms in total. The highest BCUT2D eigenvalue weighted by Gasteiger charge is 2.35. The Morgan fingerprint density at radius 1 is 1.32 bits per heavy atom. The van der Waals surface area contributed by atoms with Crippen molar-refractivity contribution < 1.29 is 22.7 Å². The smallest absolute Gasteiger partial charge is 0.419 e. The Balaban J connectivity index is 1.56. The Morgan fingerprint density at radius 2 is 2.04 bits per heavy atom. The number of rotatable bonds is 4. The number of carbonyl (C=O) groups excluding carboxylic acids is 1. The van der Waals surface area contributed by atoms with E-state index >= 15 is 0 Å². The summed E-state index contributed by atoms with van der Waals surface area (Å²) in [6.45, 7) is 1.76. The van der Waals surface area contributed by atoms with Gasteiger partial charge in [0, 0.05) is 6.04 Å². The lowest BCUT2D eigenvalue weighted by atomic mass is 9.93. The summed E-state index contributed by atoms with van der Waals surface area (Å²) in [4.78, 5) is 15.7. The average molecular weight is 411 g/mol. The summed E-state index contributed by atoms with van der Waals surface area (Å²) in [7, 11) is 0. The molecule has 1 N–H and O–H groups in total. The van der Waals surface area contributed by atoms with Crippen LogP contribution in [-0.4, -0.2) is 33.2 Å². The van der Waals surface area contributed by atoms with E-state index < -0.39 is 17.4 Å². The number of nitriles is 1. The topological polar surface area (TPSA) is 101 Å². The van der Waals surface area contributed by atoms with Gasteiger partial charge in [-0.2, -0.15) is 18.4 Å². The maximum atomic E-state index is 13.0. The molecule has 0 unspecified atom stereocenters. The van der Waals surface area contributed by atoms with Gasteiger partial charge in [-0.15, -0.1) is 10.2 Å². The Morgan fingerprint density at radius 3 is 2.61 bits per heavy atom. The lowest BCUT2D eigenvalue weighted by Crippen LogP contribution is -2.39. The fourth-order valence-corrected chi connectivity index (χ4v) is 3.56. The van der Waals surface area contributed by atoms with E-state index in [0.29, 0.717) is 35.7 Å². The minimum Gasteiger partial charge on any atom is -0.489 e. The molecule has 2 aromatic heterocycles. The third-order valence-electron chi connectivity index (χ3n) is 4.31. The zero-order valence-electron chi connectivity index (χ0n) is 14.8. The van der Waals surface area contributed by atoms with Crippen LogP contribution in [0.3, 0.4) is 0 Å². The first-order valence-electron chi connectivity index (χ1n) is 8.51. The monoisotopic (exact) mass is 411 g/mol. The lowest BCUT2D eigenvalue weighted by Gasteiger charge is -2.29. The number of nitrogens with zero attached hydrogens (tertiary/aromatic N) is 4. The number of aromatic nitrogens is 3. The van der Waals surface area contributed by atoms with E-state index in [1.807, 2.05) is 0 Å². The van der Waals surface area contributed by atoms with Gasteiger partial charge in [0.05, 0.1) is 17.9 Å². The molecule has 1 fully saturated rings. The van der Waals surface area contributed by atoms with Crippen molar-refractivity contribution in [2.75, 3.05) is 0 Å². The van der Waals surface area contributed by atoms with Gasteiger partial charge in [0.2, 0.25) is 5.01 Å². The van der Waals surface area contributed by atoms with Crippen molar-refractivity contribution in [3.05, 3.63) is 33.5 Å². The van der Waals surface area contributed by atoms with E-state index in [9.17, 15) is 18.0 Å². The third kappa shape index (κ3) is 4.75. The van der Waals surface area contributed by atoms with Crippen LogP contribution in [0.5, 0.6) is 5.75 Å². The van der Waals surface area contributed by atoms with Crippen molar-refractivity contribution in [3.8, 4) is 11.8 Å². The van der Waals surface area contributed by atoms with E-state index in [-0.39, 0.29) is 23.8 Å². The van der Waals surface area contributed by atoms with E-state index in [0.717, 1.165) is 12.3 Å². The van der Waals surface area contributed by atoms with Crippen LogP contribution in [-0.2, 0) is 6.18 Å². The van der Waals surface area contributed by atoms with Crippen LogP contribution in [0.1, 0.15) is 51.8 Å². The fourth-order valence-electron chi connectivity index (χ4n) is 2.97. The van der Waals surface area contributed by atoms with Crippen molar-refractivity contribution in [3.63, 3.8) is 0 Å². The fraction of sp³-hybridized carbons (Fsp3) is 0.471. The first kappa shape index (κ1) is 20.0. The molecular formula is C17H16F3N5O2S. The third-order valence-corrected chi connectivity index (χ3v) is 5.14. The van der Waals surface area contributed by atoms with Gasteiger partial charge < -0.3 is 10.1 Å². The Labute approximate surface area is 162 Å². The van der Waals surface area contributed by atoms with E-state index in [2.05, 4.69) is 20.5 Å². The van der Waals surface area contributed by atoms with Gasteiger partial charge in [-0.3, -0.25) is 4.79 Å². The van der Waals surface area contributed by atoms with Crippen molar-refractivity contribution in [2.45, 2.75) is 50.9 Å². The molecule has 0 aromatic carbocycles. The molecule has 1 aliphatic carbocycles. The molecule has 2 heterocycles. The minimum absolute atomic E-state index is 0.0249. The highest BCUT2D eigenvalue weighted by atomic mass is 32.1. The molecule has 2 aromatic rings. The lowest BCUT2D eigenvalue weighted by molar-refractivity contribution is -0.138. The van der Waals surface area contributed by atoms with Crippen LogP contribution in [0, 0.1) is 18.3 Å². The summed E-state index contributed by atoms with van der Waals surface area (Å²) < 4.78 is 44.7. The molecule has 0 aliphatic heterocycles. The second-order valence-corrected chi connectivity index (χ2v) is 7.55. The van der Waals surface area contributed by atoms with Gasteiger partial charge in [0.15, 0.2) is 5.69 Å². The van der Waals surface area contributed by atoms with E-state index in [1.165, 1.54) is 17.4 Å². The molecular weight excluding hydrogens is 395 g/mol. The van der Waals surface area contributed by atoms with Crippen molar-refractivity contribution in [1.29, 1.82) is 5.26 Å². The maximum Gasteiger partial charge on any atom is 0.419 e. The number of alkyl halides is 3. The normalized spacial score (nSPS) is 19.7. The summed E-state index contributed by atoms with van der Waals surface area (Å²) in [5.74, 6) is -0.302. The second kappa shape index (κ2) is 8.10. The van der Waals surface area contributed by atoms with Gasteiger partial charge in [-0.1, -0.05) is 11.3 Å². The zero-order chi connectivity index (χ0) is 20.3. The van der Waals surface area contributed by atoms with Crippen LogP contribution in [0.15, 0.2) is 12.3 Å². The number of carbonyl (C=O) groups is 1. The van der Waals surface area contributed by atoms with Crippen LogP contribution in [0.25, 0.3) is 0 Å². The number of ether oxygens (including phenoxy) is 1. The molecule has 148 valence electrons. The first-order valence-corrected chi connectivity index (χ1v) is 9.33. The molecule has 0 bridgehead atoms. The molecule has 1 amide bonds. The van der Waals surface area contributed by atoms with Crippen LogP contribution >= 0.6 is 11.3 Å². The Bertz CT molecular complexity index is 901. The predicted molar refractivity (Wildman–Crippen MR) is 92.7 cm³/mol. The van der Waals surface area contributed by atoms with Crippen LogP contribution < -0.4 is 10.1 Å². The minimum atomic E-state index is -4.68. The molecule has 0 radical (unpaired) electrons. The Hall–Kier alpha value is -2.74. The molecule has 28 heavy (non-hydrogen) atoms.